The van der Waals surface area contributed by atoms with Crippen LogP contribution in [0.4, 0.5) is 0 Å². The number of nitrogens with one attached hydrogen (secondary N) is 1. The van der Waals surface area contributed by atoms with Crippen molar-refractivity contribution in [2.45, 2.75) is 38.8 Å². The number of hydrogen-bond donors (Lipinski definition) is 2. The van der Waals surface area contributed by atoms with Gasteiger partial charge in [-0.3, -0.25) is 0 Å². The molecule has 0 aliphatic heterocycles. The summed E-state index contributed by atoms with van der Waals surface area (Å²) in [7, 11) is 0. The Kier molecular flexibility index (Phi) is 5.10. The summed E-state index contributed by atoms with van der Waals surface area (Å²) in [5, 5.41) is 20.0. The molecule has 0 bridgehead atoms. The predicted octanol–water partition coefficient (Wildman–Crippen LogP) is 3.51. The van der Waals surface area contributed by atoms with Crippen molar-refractivity contribution in [3.05, 3.63) is 27.9 Å². The van der Waals surface area contributed by atoms with Crippen molar-refractivity contribution in [1.82, 2.24) is 10.3 Å². The Bertz CT molecular complexity index is 495. The molecule has 2 rings (SSSR count). The van der Waals surface area contributed by atoms with Crippen LogP contribution in [0, 0.1) is 0 Å². The van der Waals surface area contributed by atoms with Crippen LogP contribution >= 0.6 is 22.7 Å². The monoisotopic (exact) mass is 296 g/mol. The van der Waals surface area contributed by atoms with E-state index >= 15 is 0 Å². The molecule has 104 valence electrons. The van der Waals surface area contributed by atoms with E-state index in [1.54, 1.807) is 22.7 Å². The molecule has 1 atom stereocenters. The van der Waals surface area contributed by atoms with E-state index in [4.69, 9.17) is 5.11 Å². The Morgan fingerprint density at radius 3 is 2.89 bits per heavy atom. The van der Waals surface area contributed by atoms with Crippen LogP contribution in [-0.2, 0) is 6.54 Å². The lowest BCUT2D eigenvalue weighted by atomic mass is 9.95. The number of rotatable bonds is 7. The van der Waals surface area contributed by atoms with Gasteiger partial charge in [0.15, 0.2) is 0 Å². The lowest BCUT2D eigenvalue weighted by molar-refractivity contribution is 0.214. The van der Waals surface area contributed by atoms with Gasteiger partial charge in [0, 0.05) is 35.0 Å². The van der Waals surface area contributed by atoms with Crippen molar-refractivity contribution >= 4 is 22.7 Å². The van der Waals surface area contributed by atoms with E-state index in [0.29, 0.717) is 0 Å². The highest BCUT2D eigenvalue weighted by Crippen LogP contribution is 2.26. The van der Waals surface area contributed by atoms with Crippen LogP contribution in [0.15, 0.2) is 22.2 Å². The van der Waals surface area contributed by atoms with Crippen LogP contribution < -0.4 is 5.32 Å². The van der Waals surface area contributed by atoms with Crippen molar-refractivity contribution in [2.75, 3.05) is 6.61 Å². The normalized spacial score (nSPS) is 14.5. The molecule has 0 fully saturated rings. The summed E-state index contributed by atoms with van der Waals surface area (Å²) in [4.78, 5) is 4.65. The van der Waals surface area contributed by atoms with Crippen molar-refractivity contribution in [2.24, 2.45) is 0 Å². The molecule has 1 unspecified atom stereocenters. The molecule has 0 aromatic carbocycles. The van der Waals surface area contributed by atoms with Gasteiger partial charge in [-0.1, -0.05) is 6.92 Å². The van der Waals surface area contributed by atoms with Gasteiger partial charge in [0.1, 0.15) is 5.01 Å². The molecule has 0 saturated heterocycles. The fraction of sp³-hybridized carbons (Fsp3) is 0.500. The van der Waals surface area contributed by atoms with Crippen molar-refractivity contribution in [3.8, 4) is 10.6 Å². The van der Waals surface area contributed by atoms with Crippen LogP contribution in [0.5, 0.6) is 0 Å². The van der Waals surface area contributed by atoms with Gasteiger partial charge in [0.25, 0.3) is 0 Å². The zero-order chi connectivity index (χ0) is 13.7. The maximum atomic E-state index is 9.11. The standard InChI is InChI=1S/C14H20N2OS2/c1-3-14(2,5-6-17)15-8-12-10-19-13(16-12)11-4-7-18-9-11/h4,7,9-10,15,17H,3,5-6,8H2,1-2H3. The van der Waals surface area contributed by atoms with Gasteiger partial charge < -0.3 is 10.4 Å². The van der Waals surface area contributed by atoms with E-state index < -0.39 is 0 Å². The summed E-state index contributed by atoms with van der Waals surface area (Å²) in [6, 6.07) is 2.10. The molecule has 2 N–H and O–H groups in total. The van der Waals surface area contributed by atoms with Gasteiger partial charge in [-0.05, 0) is 31.2 Å². The quantitative estimate of drug-likeness (QED) is 0.822. The number of nitrogens with zero attached hydrogens (tertiary/aromatic N) is 1. The molecular weight excluding hydrogens is 276 g/mol. The lowest BCUT2D eigenvalue weighted by Gasteiger charge is -2.28. The minimum Gasteiger partial charge on any atom is -0.396 e. The van der Waals surface area contributed by atoms with E-state index in [1.807, 2.05) is 0 Å². The number of aromatic nitrogens is 1. The highest BCUT2D eigenvalue weighted by molar-refractivity contribution is 7.14. The first-order valence-corrected chi connectivity index (χ1v) is 8.32. The third kappa shape index (κ3) is 3.86. The zero-order valence-electron chi connectivity index (χ0n) is 11.3. The number of thiophene rings is 1. The molecule has 2 heterocycles. The Morgan fingerprint density at radius 1 is 1.42 bits per heavy atom. The van der Waals surface area contributed by atoms with Gasteiger partial charge >= 0.3 is 0 Å². The van der Waals surface area contributed by atoms with Gasteiger partial charge in [0.05, 0.1) is 5.69 Å². The Morgan fingerprint density at radius 2 is 2.26 bits per heavy atom. The summed E-state index contributed by atoms with van der Waals surface area (Å²) in [5.74, 6) is 0. The summed E-state index contributed by atoms with van der Waals surface area (Å²) < 4.78 is 0. The summed E-state index contributed by atoms with van der Waals surface area (Å²) >= 11 is 3.38. The number of aliphatic hydroxyl groups excluding tert-OH is 1. The van der Waals surface area contributed by atoms with E-state index in [1.165, 1.54) is 5.56 Å². The SMILES string of the molecule is CCC(C)(CCO)NCc1csc(-c2ccsc2)n1. The number of aliphatic hydroxyl groups is 1. The molecule has 0 radical (unpaired) electrons. The molecular formula is C14H20N2OS2. The predicted molar refractivity (Wildman–Crippen MR) is 82.7 cm³/mol. The Balaban J connectivity index is 1.97. The lowest BCUT2D eigenvalue weighted by Crippen LogP contribution is -2.42. The summed E-state index contributed by atoms with van der Waals surface area (Å²) in [5.41, 5.74) is 2.26. The molecule has 0 aliphatic carbocycles. The first-order chi connectivity index (χ1) is 9.17. The first kappa shape index (κ1) is 14.7. The molecule has 0 saturated carbocycles. The maximum Gasteiger partial charge on any atom is 0.124 e. The zero-order valence-corrected chi connectivity index (χ0v) is 13.0. The maximum absolute atomic E-state index is 9.11. The van der Waals surface area contributed by atoms with Crippen molar-refractivity contribution in [3.63, 3.8) is 0 Å². The minimum atomic E-state index is -0.0130. The van der Waals surface area contributed by atoms with Crippen LogP contribution in [-0.4, -0.2) is 22.2 Å². The van der Waals surface area contributed by atoms with E-state index in [2.05, 4.69) is 46.4 Å². The second-order valence-corrected chi connectivity index (χ2v) is 6.54. The van der Waals surface area contributed by atoms with Crippen molar-refractivity contribution in [1.29, 1.82) is 0 Å². The highest BCUT2D eigenvalue weighted by atomic mass is 32.1. The Labute approximate surface area is 122 Å². The molecule has 3 nitrogen and oxygen atoms in total. The molecule has 0 aliphatic rings. The fourth-order valence-corrected chi connectivity index (χ4v) is 3.38. The van der Waals surface area contributed by atoms with Gasteiger partial charge in [-0.2, -0.15) is 11.3 Å². The second kappa shape index (κ2) is 6.61. The van der Waals surface area contributed by atoms with Crippen LogP contribution in [0.3, 0.4) is 0 Å². The third-order valence-corrected chi connectivity index (χ3v) is 5.08. The second-order valence-electron chi connectivity index (χ2n) is 4.90. The molecule has 0 spiro atoms. The average molecular weight is 296 g/mol. The molecule has 5 heteroatoms. The molecule has 19 heavy (non-hydrogen) atoms. The topological polar surface area (TPSA) is 45.1 Å². The van der Waals surface area contributed by atoms with Crippen LogP contribution in [0.1, 0.15) is 32.4 Å². The summed E-state index contributed by atoms with van der Waals surface area (Å²) in [6.45, 7) is 5.26. The van der Waals surface area contributed by atoms with E-state index in [9.17, 15) is 0 Å². The van der Waals surface area contributed by atoms with Crippen LogP contribution in [0.2, 0.25) is 0 Å². The molecule has 2 aromatic heterocycles. The third-order valence-electron chi connectivity index (χ3n) is 3.46. The Hall–Kier alpha value is -0.750. The summed E-state index contributed by atoms with van der Waals surface area (Å²) in [6.07, 6.45) is 1.76. The first-order valence-electron chi connectivity index (χ1n) is 6.50. The van der Waals surface area contributed by atoms with Gasteiger partial charge in [0.2, 0.25) is 0 Å². The molecule has 0 amide bonds. The molecule has 2 aromatic rings. The van der Waals surface area contributed by atoms with Crippen LogP contribution in [0.25, 0.3) is 10.6 Å². The number of thiazole rings is 1. The average Bonchev–Trinajstić information content (AvgIpc) is 3.07. The van der Waals surface area contributed by atoms with E-state index in [-0.39, 0.29) is 12.1 Å². The van der Waals surface area contributed by atoms with Crippen molar-refractivity contribution < 1.29 is 5.11 Å². The van der Waals surface area contributed by atoms with E-state index in [0.717, 1.165) is 30.1 Å². The van der Waals surface area contributed by atoms with Gasteiger partial charge in [-0.25, -0.2) is 4.98 Å². The smallest absolute Gasteiger partial charge is 0.124 e. The number of hydrogen-bond acceptors (Lipinski definition) is 5. The fourth-order valence-electron chi connectivity index (χ4n) is 1.85. The largest absolute Gasteiger partial charge is 0.396 e. The minimum absolute atomic E-state index is 0.0130. The highest BCUT2D eigenvalue weighted by Gasteiger charge is 2.20. The van der Waals surface area contributed by atoms with Gasteiger partial charge in [-0.15, -0.1) is 11.3 Å².